The normalized spacial score (nSPS) is 11.1. The Morgan fingerprint density at radius 1 is 1.37 bits per heavy atom. The third kappa shape index (κ3) is 2.34. The monoisotopic (exact) mass is 320 g/mol. The van der Waals surface area contributed by atoms with Crippen LogP contribution in [0.3, 0.4) is 0 Å². The Labute approximate surface area is 118 Å². The summed E-state index contributed by atoms with van der Waals surface area (Å²) in [5.41, 5.74) is 8.25. The van der Waals surface area contributed by atoms with Gasteiger partial charge in [-0.05, 0) is 40.7 Å². The maximum absolute atomic E-state index is 5.57. The number of anilines is 2. The first kappa shape index (κ1) is 12.2. The van der Waals surface area contributed by atoms with Crippen LogP contribution in [0.15, 0.2) is 35.2 Å². The number of nitrogens with two attached hydrogens (primary N) is 1. The molecule has 0 bridgehead atoms. The van der Waals surface area contributed by atoms with Crippen molar-refractivity contribution in [1.82, 2.24) is 19.6 Å². The molecule has 0 saturated heterocycles. The Hall–Kier alpha value is -1.86. The Morgan fingerprint density at radius 2 is 2.26 bits per heavy atom. The van der Waals surface area contributed by atoms with Crippen molar-refractivity contribution >= 4 is 33.1 Å². The Balaban J connectivity index is 1.98. The predicted octanol–water partition coefficient (Wildman–Crippen LogP) is 2.06. The fourth-order valence-electron chi connectivity index (χ4n) is 1.86. The molecule has 0 aliphatic heterocycles. The SMILES string of the molecule is NCCc1nc2ccc(Nc3cc[nH]c3)nn2c1Br. The van der Waals surface area contributed by atoms with Gasteiger partial charge in [-0.2, -0.15) is 0 Å². The second-order valence-corrected chi connectivity index (χ2v) is 4.85. The fraction of sp³-hybridized carbons (Fsp3) is 0.167. The molecule has 0 amide bonds. The highest BCUT2D eigenvalue weighted by Gasteiger charge is 2.10. The number of imidazole rings is 1. The minimum atomic E-state index is 0.566. The molecule has 0 spiro atoms. The highest BCUT2D eigenvalue weighted by molar-refractivity contribution is 9.10. The Morgan fingerprint density at radius 3 is 3.00 bits per heavy atom. The molecule has 6 nitrogen and oxygen atoms in total. The van der Waals surface area contributed by atoms with E-state index in [9.17, 15) is 0 Å². The van der Waals surface area contributed by atoms with Gasteiger partial charge in [0, 0.05) is 18.8 Å². The molecule has 0 fully saturated rings. The third-order valence-electron chi connectivity index (χ3n) is 2.74. The summed E-state index contributed by atoms with van der Waals surface area (Å²) in [5.74, 6) is 0.754. The largest absolute Gasteiger partial charge is 0.366 e. The topological polar surface area (TPSA) is 84.0 Å². The minimum absolute atomic E-state index is 0.566. The van der Waals surface area contributed by atoms with Gasteiger partial charge in [0.1, 0.15) is 4.60 Å². The van der Waals surface area contributed by atoms with Gasteiger partial charge >= 0.3 is 0 Å². The summed E-state index contributed by atoms with van der Waals surface area (Å²) in [6.07, 6.45) is 4.45. The minimum Gasteiger partial charge on any atom is -0.366 e. The van der Waals surface area contributed by atoms with Crippen LogP contribution in [-0.2, 0) is 6.42 Å². The molecule has 3 aromatic rings. The summed E-state index contributed by atoms with van der Waals surface area (Å²) in [4.78, 5) is 7.47. The Kier molecular flexibility index (Phi) is 3.22. The van der Waals surface area contributed by atoms with Gasteiger partial charge in [0.25, 0.3) is 0 Å². The molecule has 0 aromatic carbocycles. The first-order valence-corrected chi connectivity index (χ1v) is 6.71. The number of nitrogens with zero attached hydrogens (tertiary/aromatic N) is 3. The number of halogens is 1. The van der Waals surface area contributed by atoms with E-state index in [-0.39, 0.29) is 0 Å². The van der Waals surface area contributed by atoms with Gasteiger partial charge in [-0.25, -0.2) is 9.50 Å². The van der Waals surface area contributed by atoms with Gasteiger partial charge in [0.05, 0.1) is 11.4 Å². The zero-order chi connectivity index (χ0) is 13.2. The first-order chi connectivity index (χ1) is 9.28. The van der Waals surface area contributed by atoms with E-state index in [1.807, 2.05) is 30.6 Å². The number of aromatic amines is 1. The van der Waals surface area contributed by atoms with Crippen LogP contribution in [0.25, 0.3) is 5.65 Å². The standard InChI is InChI=1S/C12H13BrN6/c13-12-9(3-5-14)17-11-2-1-10(18-19(11)12)16-8-4-6-15-7-8/h1-2,4,6-7,15H,3,5,14H2,(H,16,18). The zero-order valence-corrected chi connectivity index (χ0v) is 11.7. The lowest BCUT2D eigenvalue weighted by molar-refractivity contribution is 0.895. The van der Waals surface area contributed by atoms with Crippen LogP contribution in [0.1, 0.15) is 5.69 Å². The van der Waals surface area contributed by atoms with E-state index in [1.165, 1.54) is 0 Å². The molecule has 0 aliphatic carbocycles. The van der Waals surface area contributed by atoms with Crippen LogP contribution >= 0.6 is 15.9 Å². The van der Waals surface area contributed by atoms with Gasteiger partial charge in [0.15, 0.2) is 11.5 Å². The van der Waals surface area contributed by atoms with Crippen molar-refractivity contribution in [2.24, 2.45) is 5.73 Å². The van der Waals surface area contributed by atoms with Crippen LogP contribution in [0.2, 0.25) is 0 Å². The average Bonchev–Trinajstić information content (AvgIpc) is 3.01. The number of nitrogens with one attached hydrogen (secondary N) is 2. The average molecular weight is 321 g/mol. The Bertz CT molecular complexity index is 688. The summed E-state index contributed by atoms with van der Waals surface area (Å²) in [7, 11) is 0. The van der Waals surface area contributed by atoms with E-state index >= 15 is 0 Å². The summed E-state index contributed by atoms with van der Waals surface area (Å²) >= 11 is 3.51. The molecular weight excluding hydrogens is 308 g/mol. The molecule has 7 heteroatoms. The molecular formula is C12H13BrN6. The van der Waals surface area contributed by atoms with Gasteiger partial charge in [-0.3, -0.25) is 0 Å². The molecule has 0 radical (unpaired) electrons. The van der Waals surface area contributed by atoms with E-state index in [4.69, 9.17) is 5.73 Å². The lowest BCUT2D eigenvalue weighted by Crippen LogP contribution is -2.03. The maximum Gasteiger partial charge on any atom is 0.155 e. The van der Waals surface area contributed by atoms with Crippen molar-refractivity contribution in [3.8, 4) is 0 Å². The predicted molar refractivity (Wildman–Crippen MR) is 77.5 cm³/mol. The van der Waals surface area contributed by atoms with Crippen molar-refractivity contribution in [2.75, 3.05) is 11.9 Å². The molecule has 0 aliphatic rings. The van der Waals surface area contributed by atoms with Crippen molar-refractivity contribution in [3.63, 3.8) is 0 Å². The summed E-state index contributed by atoms with van der Waals surface area (Å²) in [5, 5.41) is 7.70. The second kappa shape index (κ2) is 5.02. The zero-order valence-electron chi connectivity index (χ0n) is 10.1. The lowest BCUT2D eigenvalue weighted by Gasteiger charge is -2.03. The number of aromatic nitrogens is 4. The van der Waals surface area contributed by atoms with Crippen LogP contribution in [0.4, 0.5) is 11.5 Å². The maximum atomic E-state index is 5.57. The van der Waals surface area contributed by atoms with Gasteiger partial charge in [0.2, 0.25) is 0 Å². The quantitative estimate of drug-likeness (QED) is 0.687. The van der Waals surface area contributed by atoms with E-state index in [0.717, 1.165) is 33.9 Å². The summed E-state index contributed by atoms with van der Waals surface area (Å²) < 4.78 is 2.62. The van der Waals surface area contributed by atoms with Crippen molar-refractivity contribution in [2.45, 2.75) is 6.42 Å². The lowest BCUT2D eigenvalue weighted by atomic mass is 10.3. The van der Waals surface area contributed by atoms with Crippen molar-refractivity contribution in [3.05, 3.63) is 40.9 Å². The second-order valence-electron chi connectivity index (χ2n) is 4.10. The number of fused-ring (bicyclic) bond motifs is 1. The van der Waals surface area contributed by atoms with Crippen LogP contribution < -0.4 is 11.1 Å². The molecule has 0 saturated carbocycles. The summed E-state index contributed by atoms with van der Waals surface area (Å²) in [6.45, 7) is 0.566. The summed E-state index contributed by atoms with van der Waals surface area (Å²) in [6, 6.07) is 5.76. The highest BCUT2D eigenvalue weighted by atomic mass is 79.9. The molecule has 0 atom stereocenters. The number of hydrogen-bond acceptors (Lipinski definition) is 4. The van der Waals surface area contributed by atoms with E-state index in [2.05, 4.69) is 36.3 Å². The number of rotatable bonds is 4. The number of hydrogen-bond donors (Lipinski definition) is 3. The fourth-order valence-corrected chi connectivity index (χ4v) is 2.41. The first-order valence-electron chi connectivity index (χ1n) is 5.92. The van der Waals surface area contributed by atoms with Crippen molar-refractivity contribution in [1.29, 1.82) is 0 Å². The molecule has 98 valence electrons. The van der Waals surface area contributed by atoms with Gasteiger partial charge < -0.3 is 16.0 Å². The highest BCUT2D eigenvalue weighted by Crippen LogP contribution is 2.20. The van der Waals surface area contributed by atoms with E-state index < -0.39 is 0 Å². The molecule has 4 N–H and O–H groups in total. The van der Waals surface area contributed by atoms with Gasteiger partial charge in [-0.1, -0.05) is 0 Å². The van der Waals surface area contributed by atoms with Crippen LogP contribution in [-0.4, -0.2) is 26.1 Å². The van der Waals surface area contributed by atoms with Crippen LogP contribution in [0.5, 0.6) is 0 Å². The molecule has 19 heavy (non-hydrogen) atoms. The van der Waals surface area contributed by atoms with Gasteiger partial charge in [-0.15, -0.1) is 5.10 Å². The molecule has 0 unspecified atom stereocenters. The molecule has 3 aromatic heterocycles. The molecule has 3 rings (SSSR count). The number of H-pyrrole nitrogens is 1. The van der Waals surface area contributed by atoms with Crippen molar-refractivity contribution < 1.29 is 0 Å². The smallest absolute Gasteiger partial charge is 0.155 e. The van der Waals surface area contributed by atoms with E-state index in [0.29, 0.717) is 6.54 Å². The third-order valence-corrected chi connectivity index (χ3v) is 3.53. The van der Waals surface area contributed by atoms with Crippen LogP contribution in [0, 0.1) is 0 Å². The molecule has 3 heterocycles. The van der Waals surface area contributed by atoms with E-state index in [1.54, 1.807) is 4.52 Å².